The molecule has 0 aromatic heterocycles. The van der Waals surface area contributed by atoms with Gasteiger partial charge in [-0.3, -0.25) is 19.7 Å². The molecule has 0 radical (unpaired) electrons. The van der Waals surface area contributed by atoms with E-state index in [4.69, 9.17) is 0 Å². The normalized spacial score (nSPS) is 12.5. The maximum Gasteiger partial charge on any atom is 0.269 e. The molecule has 0 aliphatic heterocycles. The lowest BCUT2D eigenvalue weighted by molar-refractivity contribution is -0.385. The number of carbonyl (C=O) groups excluding carboxylic acids is 2. The lowest BCUT2D eigenvalue weighted by atomic mass is 9.82. The largest absolute Gasteiger partial charge is 0.388 e. The molecule has 2 unspecified atom stereocenters. The van der Waals surface area contributed by atoms with Crippen molar-refractivity contribution >= 4 is 17.3 Å². The summed E-state index contributed by atoms with van der Waals surface area (Å²) in [5, 5.41) is 22.1. The van der Waals surface area contributed by atoms with Crippen LogP contribution in [0, 0.1) is 16.0 Å². The van der Waals surface area contributed by atoms with Crippen molar-refractivity contribution in [1.82, 2.24) is 0 Å². The van der Waals surface area contributed by atoms with Gasteiger partial charge < -0.3 is 5.11 Å². The molecular weight excluding hydrogens is 394 g/mol. The molecule has 0 heterocycles. The first kappa shape index (κ1) is 21.8. The Balaban J connectivity index is 1.94. The van der Waals surface area contributed by atoms with E-state index in [2.05, 4.69) is 6.58 Å². The van der Waals surface area contributed by atoms with Crippen LogP contribution in [0.4, 0.5) is 5.69 Å². The first-order valence-electron chi connectivity index (χ1n) is 9.67. The van der Waals surface area contributed by atoms with E-state index in [0.717, 1.165) is 0 Å². The Labute approximate surface area is 179 Å². The number of nitro benzene ring substituents is 1. The molecule has 6 nitrogen and oxygen atoms in total. The first-order chi connectivity index (χ1) is 14.9. The van der Waals surface area contributed by atoms with Crippen LogP contribution in [0.15, 0.2) is 97.1 Å². The fourth-order valence-electron chi connectivity index (χ4n) is 3.37. The molecule has 3 aromatic rings. The summed E-state index contributed by atoms with van der Waals surface area (Å²) in [6, 6.07) is 22.5. The van der Waals surface area contributed by atoms with Crippen molar-refractivity contribution in [2.75, 3.05) is 0 Å². The van der Waals surface area contributed by atoms with Crippen molar-refractivity contribution in [3.63, 3.8) is 0 Å². The summed E-state index contributed by atoms with van der Waals surface area (Å²) in [6.07, 6.45) is -1.45. The number of hydrogen-bond acceptors (Lipinski definition) is 5. The smallest absolute Gasteiger partial charge is 0.269 e. The number of nitro groups is 1. The average molecular weight is 415 g/mol. The van der Waals surface area contributed by atoms with Crippen LogP contribution in [-0.2, 0) is 0 Å². The third-order valence-electron chi connectivity index (χ3n) is 5.02. The van der Waals surface area contributed by atoms with Gasteiger partial charge in [-0.1, -0.05) is 79.4 Å². The number of rotatable bonds is 9. The minimum absolute atomic E-state index is 0.0920. The highest BCUT2D eigenvalue weighted by Crippen LogP contribution is 2.32. The zero-order chi connectivity index (χ0) is 22.4. The molecule has 2 atom stereocenters. The van der Waals surface area contributed by atoms with Gasteiger partial charge in [0.1, 0.15) is 0 Å². The van der Waals surface area contributed by atoms with Gasteiger partial charge in [0.2, 0.25) is 0 Å². The van der Waals surface area contributed by atoms with Crippen molar-refractivity contribution in [1.29, 1.82) is 0 Å². The van der Waals surface area contributed by atoms with E-state index in [9.17, 15) is 24.8 Å². The molecular formula is C25H21NO5. The quantitative estimate of drug-likeness (QED) is 0.231. The standard InChI is InChI=1S/C25H21NO5/c1-17(23(27)18-9-4-2-5-10-18)15-22(24(28)19-11-6-3-7-12-19)25(29)20-13-8-14-21(16-20)26(30)31/h2-14,16,22,25,29H,1,15H2. The zero-order valence-corrected chi connectivity index (χ0v) is 16.7. The number of aliphatic hydroxyl groups is 1. The summed E-state index contributed by atoms with van der Waals surface area (Å²) < 4.78 is 0. The minimum Gasteiger partial charge on any atom is -0.388 e. The molecule has 0 aliphatic rings. The van der Waals surface area contributed by atoms with Gasteiger partial charge in [-0.2, -0.15) is 0 Å². The molecule has 0 fully saturated rings. The Morgan fingerprint density at radius 2 is 1.48 bits per heavy atom. The van der Waals surface area contributed by atoms with Gasteiger partial charge in [-0.05, 0) is 17.6 Å². The highest BCUT2D eigenvalue weighted by Gasteiger charge is 2.31. The number of aliphatic hydroxyl groups excluding tert-OH is 1. The number of Topliss-reactive ketones (excluding diaryl/α,β-unsaturated/α-hetero) is 2. The summed E-state index contributed by atoms with van der Waals surface area (Å²) >= 11 is 0. The number of benzene rings is 3. The van der Waals surface area contributed by atoms with Crippen LogP contribution in [0.25, 0.3) is 0 Å². The Kier molecular flexibility index (Phi) is 6.85. The SMILES string of the molecule is C=C(CC(C(=O)c1ccccc1)C(O)c1cccc([N+](=O)[O-])c1)C(=O)c1ccccc1. The molecule has 3 aromatic carbocycles. The van der Waals surface area contributed by atoms with Crippen LogP contribution >= 0.6 is 0 Å². The summed E-state index contributed by atoms with van der Waals surface area (Å²) in [7, 11) is 0. The van der Waals surface area contributed by atoms with Crippen molar-refractivity contribution in [3.8, 4) is 0 Å². The molecule has 0 bridgehead atoms. The fraction of sp³-hybridized carbons (Fsp3) is 0.120. The maximum atomic E-state index is 13.2. The second-order valence-electron chi connectivity index (χ2n) is 7.14. The highest BCUT2D eigenvalue weighted by atomic mass is 16.6. The predicted molar refractivity (Wildman–Crippen MR) is 117 cm³/mol. The second kappa shape index (κ2) is 9.73. The van der Waals surface area contributed by atoms with Crippen molar-refractivity contribution < 1.29 is 19.6 Å². The van der Waals surface area contributed by atoms with Gasteiger partial charge in [0.15, 0.2) is 11.6 Å². The van der Waals surface area contributed by atoms with Gasteiger partial charge in [0, 0.05) is 23.3 Å². The zero-order valence-electron chi connectivity index (χ0n) is 16.7. The Hall–Kier alpha value is -3.90. The monoisotopic (exact) mass is 415 g/mol. The summed E-state index contributed by atoms with van der Waals surface area (Å²) in [6.45, 7) is 3.85. The van der Waals surface area contributed by atoms with Crippen molar-refractivity contribution in [2.45, 2.75) is 12.5 Å². The van der Waals surface area contributed by atoms with E-state index in [-0.39, 0.29) is 34.8 Å². The lowest BCUT2D eigenvalue weighted by Crippen LogP contribution is -2.24. The number of ketones is 2. The van der Waals surface area contributed by atoms with Gasteiger partial charge in [0.05, 0.1) is 16.9 Å². The molecule has 6 heteroatoms. The van der Waals surface area contributed by atoms with Gasteiger partial charge in [-0.15, -0.1) is 0 Å². The fourth-order valence-corrected chi connectivity index (χ4v) is 3.37. The predicted octanol–water partition coefficient (Wildman–Crippen LogP) is 4.96. The number of non-ortho nitro benzene ring substituents is 1. The van der Waals surface area contributed by atoms with Gasteiger partial charge >= 0.3 is 0 Å². The molecule has 0 aliphatic carbocycles. The van der Waals surface area contributed by atoms with E-state index in [0.29, 0.717) is 11.1 Å². The molecule has 3 rings (SSSR count). The maximum absolute atomic E-state index is 13.2. The van der Waals surface area contributed by atoms with Crippen molar-refractivity contribution in [2.24, 2.45) is 5.92 Å². The molecule has 156 valence electrons. The molecule has 0 spiro atoms. The molecule has 1 N–H and O–H groups in total. The van der Waals surface area contributed by atoms with Crippen LogP contribution in [0.1, 0.15) is 38.8 Å². The average Bonchev–Trinajstić information content (AvgIpc) is 2.82. The second-order valence-corrected chi connectivity index (χ2v) is 7.14. The Morgan fingerprint density at radius 3 is 2.06 bits per heavy atom. The molecule has 0 saturated heterocycles. The van der Waals surface area contributed by atoms with E-state index in [1.165, 1.54) is 24.3 Å². The minimum atomic E-state index is -1.35. The lowest BCUT2D eigenvalue weighted by Gasteiger charge is -2.23. The van der Waals surface area contributed by atoms with E-state index in [1.54, 1.807) is 60.7 Å². The number of nitrogens with zero attached hydrogens (tertiary/aromatic N) is 1. The Bertz CT molecular complexity index is 1110. The molecule has 31 heavy (non-hydrogen) atoms. The third kappa shape index (κ3) is 5.18. The molecule has 0 saturated carbocycles. The van der Waals surface area contributed by atoms with Crippen molar-refractivity contribution in [3.05, 3.63) is 124 Å². The summed E-state index contributed by atoms with van der Waals surface area (Å²) in [4.78, 5) is 36.5. The number of carbonyl (C=O) groups is 2. The van der Waals surface area contributed by atoms with Crippen LogP contribution in [0.2, 0.25) is 0 Å². The van der Waals surface area contributed by atoms with Gasteiger partial charge in [0.25, 0.3) is 5.69 Å². The first-order valence-corrected chi connectivity index (χ1v) is 9.67. The summed E-state index contributed by atoms with van der Waals surface area (Å²) in [5.74, 6) is -1.73. The van der Waals surface area contributed by atoms with E-state index in [1.807, 2.05) is 0 Å². The molecule has 0 amide bonds. The Morgan fingerprint density at radius 1 is 0.903 bits per heavy atom. The van der Waals surface area contributed by atoms with Crippen LogP contribution in [0.5, 0.6) is 0 Å². The van der Waals surface area contributed by atoms with Crippen LogP contribution in [0.3, 0.4) is 0 Å². The topological polar surface area (TPSA) is 97.5 Å². The highest BCUT2D eigenvalue weighted by molar-refractivity contribution is 6.09. The third-order valence-corrected chi connectivity index (χ3v) is 5.02. The number of allylic oxidation sites excluding steroid dienone is 1. The van der Waals surface area contributed by atoms with Crippen LogP contribution < -0.4 is 0 Å². The number of hydrogen-bond donors (Lipinski definition) is 1. The van der Waals surface area contributed by atoms with Crippen LogP contribution in [-0.4, -0.2) is 21.6 Å². The van der Waals surface area contributed by atoms with E-state index < -0.39 is 16.9 Å². The van der Waals surface area contributed by atoms with Gasteiger partial charge in [-0.25, -0.2) is 0 Å². The van der Waals surface area contributed by atoms with E-state index >= 15 is 0 Å². The summed E-state index contributed by atoms with van der Waals surface area (Å²) in [5.41, 5.74) is 1.01.